The first-order valence-corrected chi connectivity index (χ1v) is 9.36. The van der Waals surface area contributed by atoms with Crippen LogP contribution in [0.25, 0.3) is 11.3 Å². The van der Waals surface area contributed by atoms with Gasteiger partial charge in [-0.05, 0) is 31.0 Å². The molecule has 2 N–H and O–H groups in total. The maximum atomic E-state index is 15.1. The van der Waals surface area contributed by atoms with Gasteiger partial charge in [0.1, 0.15) is 18.0 Å². The number of phenolic OH excluding ortho intramolecular Hbond substituents is 1. The van der Waals surface area contributed by atoms with Gasteiger partial charge in [-0.25, -0.2) is 18.1 Å². The minimum atomic E-state index is -4.36. The number of carbonyl (C=O) groups excluding carboxylic acids is 1. The summed E-state index contributed by atoms with van der Waals surface area (Å²) in [6.07, 6.45) is 1.45. The number of anilines is 1. The highest BCUT2D eigenvalue weighted by molar-refractivity contribution is 7.92. The number of hydrogen-bond donors (Lipinski definition) is 2. The van der Waals surface area contributed by atoms with E-state index in [0.717, 1.165) is 25.0 Å². The third-order valence-corrected chi connectivity index (χ3v) is 5.76. The van der Waals surface area contributed by atoms with E-state index in [2.05, 4.69) is 5.10 Å². The lowest BCUT2D eigenvalue weighted by molar-refractivity contribution is -0.117. The molecule has 1 amide bonds. The molecule has 0 bridgehead atoms. The van der Waals surface area contributed by atoms with E-state index in [1.54, 1.807) is 4.72 Å². The van der Waals surface area contributed by atoms with Crippen LogP contribution in [0.4, 0.5) is 18.9 Å². The van der Waals surface area contributed by atoms with Gasteiger partial charge in [-0.1, -0.05) is 0 Å². The zero-order valence-electron chi connectivity index (χ0n) is 13.6. The van der Waals surface area contributed by atoms with Crippen LogP contribution < -0.4 is 9.03 Å². The lowest BCUT2D eigenvalue weighted by atomic mass is 10.1. The Morgan fingerprint density at radius 3 is 2.56 bits per heavy atom. The smallest absolute Gasteiger partial charge is 0.333 e. The number of hydrogen-bond acceptors (Lipinski definition) is 5. The molecule has 0 spiro atoms. The summed E-state index contributed by atoms with van der Waals surface area (Å²) >= 11 is 0. The summed E-state index contributed by atoms with van der Waals surface area (Å²) in [4.78, 5) is 11.4. The number of benzene rings is 1. The van der Waals surface area contributed by atoms with E-state index in [1.807, 2.05) is 0 Å². The largest absolute Gasteiger partial charge is 0.506 e. The van der Waals surface area contributed by atoms with Crippen molar-refractivity contribution in [1.82, 2.24) is 14.5 Å². The Hall–Kier alpha value is -2.76. The molecule has 12 heteroatoms. The molecule has 2 heterocycles. The average Bonchev–Trinajstić information content (AvgIpc) is 3.25. The van der Waals surface area contributed by atoms with Gasteiger partial charge >= 0.3 is 16.8 Å². The van der Waals surface area contributed by atoms with Crippen LogP contribution in [0.5, 0.6) is 5.75 Å². The molecule has 0 atom stereocenters. The Labute approximate surface area is 151 Å². The fourth-order valence-corrected chi connectivity index (χ4v) is 4.18. The minimum Gasteiger partial charge on any atom is -0.506 e. The topological polar surface area (TPSA) is 105 Å². The van der Waals surface area contributed by atoms with Crippen LogP contribution in [0.1, 0.15) is 31.0 Å². The van der Waals surface area contributed by atoms with Crippen LogP contribution in [-0.4, -0.2) is 35.8 Å². The number of nitrogens with one attached hydrogen (secondary N) is 1. The first kappa shape index (κ1) is 17.6. The maximum absolute atomic E-state index is 15.1. The molecule has 1 aliphatic carbocycles. The average molecular weight is 402 g/mol. The third kappa shape index (κ3) is 2.89. The van der Waals surface area contributed by atoms with Crippen molar-refractivity contribution in [3.8, 4) is 17.0 Å². The Balaban J connectivity index is 1.84. The van der Waals surface area contributed by atoms with E-state index < -0.39 is 46.5 Å². The Bertz CT molecular complexity index is 1030. The van der Waals surface area contributed by atoms with Gasteiger partial charge in [-0.2, -0.15) is 22.3 Å². The zero-order chi connectivity index (χ0) is 19.5. The zero-order valence-corrected chi connectivity index (χ0v) is 14.4. The van der Waals surface area contributed by atoms with Crippen LogP contribution >= 0.6 is 0 Å². The van der Waals surface area contributed by atoms with E-state index in [0.29, 0.717) is 8.99 Å². The van der Waals surface area contributed by atoms with Crippen molar-refractivity contribution in [2.75, 3.05) is 10.8 Å². The van der Waals surface area contributed by atoms with Gasteiger partial charge in [0.25, 0.3) is 5.91 Å². The standard InChI is InChI=1S/C15H13F3N4O4S/c16-13-8(9-5-10(7-1-2-7)22(19-9)15(17)18)3-4-11(23)14(13)21-6-12(24)20-27(21,25)26/h3-5,7,15,23H,1-2,6H2,(H,20,24). The van der Waals surface area contributed by atoms with Gasteiger partial charge < -0.3 is 5.11 Å². The minimum absolute atomic E-state index is 0.0827. The molecule has 2 fully saturated rings. The molecule has 144 valence electrons. The molecule has 0 unspecified atom stereocenters. The summed E-state index contributed by atoms with van der Waals surface area (Å²) in [6, 6.07) is 3.45. The number of rotatable bonds is 4. The first-order valence-electron chi connectivity index (χ1n) is 7.92. The van der Waals surface area contributed by atoms with Crippen LogP contribution in [0, 0.1) is 5.82 Å². The van der Waals surface area contributed by atoms with E-state index in [4.69, 9.17) is 0 Å². The summed E-state index contributed by atoms with van der Waals surface area (Å²) in [6.45, 7) is -3.62. The van der Waals surface area contributed by atoms with Gasteiger partial charge in [0.05, 0.1) is 5.69 Å². The van der Waals surface area contributed by atoms with Gasteiger partial charge in [0.15, 0.2) is 5.82 Å². The Kier molecular flexibility index (Phi) is 3.84. The fourth-order valence-electron chi connectivity index (χ4n) is 3.02. The fraction of sp³-hybridized carbons (Fsp3) is 0.333. The van der Waals surface area contributed by atoms with Crippen LogP contribution in [-0.2, 0) is 15.0 Å². The lowest BCUT2D eigenvalue weighted by Gasteiger charge is -2.18. The number of carbonyl (C=O) groups is 1. The molecule has 0 radical (unpaired) electrons. The van der Waals surface area contributed by atoms with Crippen molar-refractivity contribution in [2.24, 2.45) is 0 Å². The second-order valence-electron chi connectivity index (χ2n) is 6.28. The molecular formula is C15H13F3N4O4S. The van der Waals surface area contributed by atoms with Crippen molar-refractivity contribution in [3.63, 3.8) is 0 Å². The Morgan fingerprint density at radius 1 is 1.30 bits per heavy atom. The molecule has 4 rings (SSSR count). The van der Waals surface area contributed by atoms with Gasteiger partial charge in [-0.15, -0.1) is 0 Å². The second kappa shape index (κ2) is 5.87. The van der Waals surface area contributed by atoms with Crippen molar-refractivity contribution >= 4 is 21.8 Å². The molecule has 8 nitrogen and oxygen atoms in total. The first-order chi connectivity index (χ1) is 12.7. The Morgan fingerprint density at radius 2 is 2.00 bits per heavy atom. The number of amides is 1. The van der Waals surface area contributed by atoms with Crippen molar-refractivity contribution < 1.29 is 31.5 Å². The predicted molar refractivity (Wildman–Crippen MR) is 86.9 cm³/mol. The van der Waals surface area contributed by atoms with Crippen LogP contribution in [0.2, 0.25) is 0 Å². The summed E-state index contributed by atoms with van der Waals surface area (Å²) in [5.74, 6) is -2.87. The second-order valence-corrected chi connectivity index (χ2v) is 7.88. The van der Waals surface area contributed by atoms with Gasteiger partial charge in [-0.3, -0.25) is 4.79 Å². The van der Waals surface area contributed by atoms with Crippen molar-refractivity contribution in [2.45, 2.75) is 25.3 Å². The van der Waals surface area contributed by atoms with E-state index in [-0.39, 0.29) is 22.9 Å². The summed E-state index contributed by atoms with van der Waals surface area (Å²) in [5, 5.41) is 13.7. The number of halogens is 3. The van der Waals surface area contributed by atoms with Crippen LogP contribution in [0.3, 0.4) is 0 Å². The molecule has 2 aliphatic rings. The predicted octanol–water partition coefficient (Wildman–Crippen LogP) is 1.85. The molecule has 1 aliphatic heterocycles. The number of alkyl halides is 2. The van der Waals surface area contributed by atoms with Gasteiger partial charge in [0, 0.05) is 17.2 Å². The number of phenols is 1. The molecule has 2 aromatic rings. The number of aromatic hydroxyl groups is 1. The maximum Gasteiger partial charge on any atom is 0.333 e. The van der Waals surface area contributed by atoms with E-state index >= 15 is 4.39 Å². The lowest BCUT2D eigenvalue weighted by Crippen LogP contribution is -2.30. The van der Waals surface area contributed by atoms with E-state index in [1.165, 1.54) is 6.07 Å². The van der Waals surface area contributed by atoms with Crippen molar-refractivity contribution in [3.05, 3.63) is 29.7 Å². The quantitative estimate of drug-likeness (QED) is 0.812. The highest BCUT2D eigenvalue weighted by Crippen LogP contribution is 2.44. The van der Waals surface area contributed by atoms with Crippen LogP contribution in [0.15, 0.2) is 18.2 Å². The molecule has 1 saturated heterocycles. The van der Waals surface area contributed by atoms with E-state index in [9.17, 15) is 27.1 Å². The molecule has 1 aromatic heterocycles. The number of aromatic nitrogens is 2. The highest BCUT2D eigenvalue weighted by atomic mass is 32.2. The summed E-state index contributed by atoms with van der Waals surface area (Å²) in [5.41, 5.74) is -0.865. The van der Waals surface area contributed by atoms with Gasteiger partial charge in [0.2, 0.25) is 0 Å². The summed E-state index contributed by atoms with van der Waals surface area (Å²) < 4.78 is 68.0. The number of nitrogens with zero attached hydrogens (tertiary/aromatic N) is 3. The third-order valence-electron chi connectivity index (χ3n) is 4.39. The SMILES string of the molecule is O=C1CN(c2c(O)ccc(-c3cc(C4CC4)n(C(F)F)n3)c2F)S(=O)(=O)N1. The molecule has 1 aromatic carbocycles. The molecular weight excluding hydrogens is 389 g/mol. The summed E-state index contributed by atoms with van der Waals surface area (Å²) in [7, 11) is -4.36. The van der Waals surface area contributed by atoms with Crippen molar-refractivity contribution in [1.29, 1.82) is 0 Å². The normalized spacial score (nSPS) is 19.0. The molecule has 27 heavy (non-hydrogen) atoms. The molecule has 1 saturated carbocycles. The highest BCUT2D eigenvalue weighted by Gasteiger charge is 2.38. The monoisotopic (exact) mass is 402 g/mol.